The fourth-order valence-corrected chi connectivity index (χ4v) is 4.85. The maximum absolute atomic E-state index is 13.0. The molecule has 206 valence electrons. The summed E-state index contributed by atoms with van der Waals surface area (Å²) in [6, 6.07) is 10.3. The summed E-state index contributed by atoms with van der Waals surface area (Å²) in [6.45, 7) is 4.64. The Balaban J connectivity index is 1.24. The zero-order valence-electron chi connectivity index (χ0n) is 21.2. The van der Waals surface area contributed by atoms with Gasteiger partial charge in [0.2, 0.25) is 12.4 Å². The highest BCUT2D eigenvalue weighted by Crippen LogP contribution is 2.32. The Morgan fingerprint density at radius 2 is 2.00 bits per heavy atom. The molecule has 1 aliphatic rings. The van der Waals surface area contributed by atoms with E-state index in [0.717, 1.165) is 56.4 Å². The molecule has 2 amide bonds. The first-order valence-electron chi connectivity index (χ1n) is 12.4. The number of carbonyl (C=O) groups excluding carboxylic acids is 2. The van der Waals surface area contributed by atoms with E-state index in [-0.39, 0.29) is 0 Å². The van der Waals surface area contributed by atoms with E-state index in [2.05, 4.69) is 25.5 Å². The van der Waals surface area contributed by atoms with Crippen LogP contribution in [0.15, 0.2) is 58.0 Å². The number of amides is 2. The maximum atomic E-state index is 13.0. The van der Waals surface area contributed by atoms with E-state index in [0.29, 0.717) is 52.5 Å². The van der Waals surface area contributed by atoms with Crippen LogP contribution in [0.25, 0.3) is 17.4 Å². The van der Waals surface area contributed by atoms with Crippen molar-refractivity contribution >= 4 is 35.4 Å². The van der Waals surface area contributed by atoms with Crippen molar-refractivity contribution < 1.29 is 27.2 Å². The summed E-state index contributed by atoms with van der Waals surface area (Å²) in [5.74, 6) is 2.15. The minimum atomic E-state index is -4.40. The molecular formula is C27H28F3N5O3S. The molecule has 1 fully saturated rings. The Hall–Kier alpha value is -3.64. The number of nitrogens with one attached hydrogen (secondary N) is 2. The van der Waals surface area contributed by atoms with Crippen LogP contribution in [0.2, 0.25) is 0 Å². The summed E-state index contributed by atoms with van der Waals surface area (Å²) >= 11 is 0.919. The number of imide groups is 1. The third kappa shape index (κ3) is 8.17. The molecule has 8 nitrogen and oxygen atoms in total. The number of alkyl halides is 3. The van der Waals surface area contributed by atoms with Gasteiger partial charge in [0, 0.05) is 24.8 Å². The number of carbonyl (C=O) groups is 2. The standard InChI is InChI=1S/C27H28F3N5O3S/c1-18(39-26(37)33-17-36)13-22-7-10-32-25(34-22)35-11-8-19(9-12-35)15-31-16-23-5-6-24(38-23)20-3-2-4-21(14-20)27(28,29)30/h2-7,10,13-14,17,19,31H,8-9,11-12,15-16H2,1H3,(H,33,36,37)/b18-13-. The zero-order chi connectivity index (χ0) is 27.8. The van der Waals surface area contributed by atoms with Gasteiger partial charge in [0.25, 0.3) is 5.24 Å². The normalized spacial score (nSPS) is 14.9. The lowest BCUT2D eigenvalue weighted by molar-refractivity contribution is -0.137. The van der Waals surface area contributed by atoms with Crippen LogP contribution in [-0.4, -0.2) is 41.3 Å². The molecule has 2 aromatic heterocycles. The third-order valence-corrected chi connectivity index (χ3v) is 6.95. The van der Waals surface area contributed by atoms with Crippen LogP contribution in [0.1, 0.15) is 36.8 Å². The summed E-state index contributed by atoms with van der Waals surface area (Å²) in [5.41, 5.74) is 0.364. The van der Waals surface area contributed by atoms with Gasteiger partial charge in [-0.05, 0) is 85.3 Å². The average molecular weight is 560 g/mol. The molecule has 0 bridgehead atoms. The Morgan fingerprint density at radius 3 is 2.74 bits per heavy atom. The minimum absolute atomic E-state index is 0.349. The van der Waals surface area contributed by atoms with Crippen molar-refractivity contribution in [2.75, 3.05) is 24.5 Å². The number of hydrogen-bond acceptors (Lipinski definition) is 8. The molecule has 3 aromatic rings. The van der Waals surface area contributed by atoms with Crippen LogP contribution in [0.3, 0.4) is 0 Å². The quantitative estimate of drug-likeness (QED) is 0.321. The van der Waals surface area contributed by atoms with E-state index in [1.807, 2.05) is 0 Å². The number of aromatic nitrogens is 2. The highest BCUT2D eigenvalue weighted by molar-refractivity contribution is 8.17. The van der Waals surface area contributed by atoms with Crippen molar-refractivity contribution in [3.8, 4) is 11.3 Å². The molecule has 1 saturated heterocycles. The Morgan fingerprint density at radius 1 is 1.21 bits per heavy atom. The first kappa shape index (κ1) is 28.4. The Kier molecular flexibility index (Phi) is 9.41. The number of thioether (sulfide) groups is 1. The number of piperidine rings is 1. The fraction of sp³-hybridized carbons (Fsp3) is 0.333. The molecule has 3 heterocycles. The molecule has 4 rings (SSSR count). The molecule has 1 aromatic carbocycles. The molecular weight excluding hydrogens is 531 g/mol. The van der Waals surface area contributed by atoms with Crippen LogP contribution < -0.4 is 15.5 Å². The fourth-order valence-electron chi connectivity index (χ4n) is 4.27. The number of anilines is 1. The van der Waals surface area contributed by atoms with E-state index in [1.165, 1.54) is 6.07 Å². The SMILES string of the molecule is C/C(=C/c1ccnc(N2CCC(CNCc3ccc(-c4cccc(C(F)(F)F)c4)o3)CC2)n1)SC(=O)NC=O. The van der Waals surface area contributed by atoms with Crippen molar-refractivity contribution in [1.29, 1.82) is 0 Å². The lowest BCUT2D eigenvalue weighted by Gasteiger charge is -2.32. The van der Waals surface area contributed by atoms with Crippen molar-refractivity contribution in [3.63, 3.8) is 0 Å². The third-order valence-electron chi connectivity index (χ3n) is 6.21. The molecule has 0 radical (unpaired) electrons. The second-order valence-electron chi connectivity index (χ2n) is 9.09. The second kappa shape index (κ2) is 12.9. The molecule has 2 N–H and O–H groups in total. The number of nitrogens with zero attached hydrogens (tertiary/aromatic N) is 3. The molecule has 0 aliphatic carbocycles. The topological polar surface area (TPSA) is 100 Å². The van der Waals surface area contributed by atoms with Gasteiger partial charge in [0.05, 0.1) is 17.8 Å². The van der Waals surface area contributed by atoms with Gasteiger partial charge in [0.1, 0.15) is 11.5 Å². The van der Waals surface area contributed by atoms with Gasteiger partial charge in [0.15, 0.2) is 0 Å². The number of rotatable bonds is 9. The monoisotopic (exact) mass is 559 g/mol. The molecule has 0 saturated carbocycles. The van der Waals surface area contributed by atoms with E-state index >= 15 is 0 Å². The predicted octanol–water partition coefficient (Wildman–Crippen LogP) is 5.72. The minimum Gasteiger partial charge on any atom is -0.460 e. The van der Waals surface area contributed by atoms with Crippen molar-refractivity contribution in [3.05, 3.63) is 70.6 Å². The van der Waals surface area contributed by atoms with E-state index in [4.69, 9.17) is 4.42 Å². The summed E-state index contributed by atoms with van der Waals surface area (Å²) in [7, 11) is 0. The number of furan rings is 1. The van der Waals surface area contributed by atoms with Crippen LogP contribution in [0.5, 0.6) is 0 Å². The molecule has 0 spiro atoms. The highest BCUT2D eigenvalue weighted by atomic mass is 32.2. The lowest BCUT2D eigenvalue weighted by Crippen LogP contribution is -2.38. The maximum Gasteiger partial charge on any atom is 0.416 e. The van der Waals surface area contributed by atoms with E-state index in [1.54, 1.807) is 43.5 Å². The lowest BCUT2D eigenvalue weighted by atomic mass is 9.97. The van der Waals surface area contributed by atoms with Gasteiger partial charge in [-0.2, -0.15) is 13.2 Å². The number of allylic oxidation sites excluding steroid dienone is 1. The Bertz CT molecular complexity index is 1320. The average Bonchev–Trinajstić information content (AvgIpc) is 3.38. The number of halogens is 3. The summed E-state index contributed by atoms with van der Waals surface area (Å²) < 4.78 is 44.8. The molecule has 0 unspecified atom stereocenters. The number of hydrogen-bond donors (Lipinski definition) is 2. The van der Waals surface area contributed by atoms with Gasteiger partial charge < -0.3 is 14.6 Å². The van der Waals surface area contributed by atoms with Gasteiger partial charge in [-0.1, -0.05) is 12.1 Å². The second-order valence-corrected chi connectivity index (χ2v) is 10.3. The van der Waals surface area contributed by atoms with Gasteiger partial charge in [-0.15, -0.1) is 0 Å². The first-order chi connectivity index (χ1) is 18.7. The smallest absolute Gasteiger partial charge is 0.416 e. The van der Waals surface area contributed by atoms with Crippen molar-refractivity contribution in [1.82, 2.24) is 20.6 Å². The first-order valence-corrected chi connectivity index (χ1v) is 13.2. The zero-order valence-corrected chi connectivity index (χ0v) is 22.0. The number of benzene rings is 1. The van der Waals surface area contributed by atoms with Gasteiger partial charge in [-0.3, -0.25) is 14.9 Å². The molecule has 0 atom stereocenters. The van der Waals surface area contributed by atoms with Crippen molar-refractivity contribution in [2.24, 2.45) is 5.92 Å². The van der Waals surface area contributed by atoms with Crippen LogP contribution in [0.4, 0.5) is 23.9 Å². The molecule has 39 heavy (non-hydrogen) atoms. The predicted molar refractivity (Wildman–Crippen MR) is 144 cm³/mol. The van der Waals surface area contributed by atoms with E-state index < -0.39 is 17.0 Å². The highest BCUT2D eigenvalue weighted by Gasteiger charge is 2.30. The summed E-state index contributed by atoms with van der Waals surface area (Å²) in [5, 5.41) is 5.03. The van der Waals surface area contributed by atoms with Crippen LogP contribution in [0, 0.1) is 5.92 Å². The largest absolute Gasteiger partial charge is 0.460 e. The molecule has 1 aliphatic heterocycles. The van der Waals surface area contributed by atoms with Crippen LogP contribution in [-0.2, 0) is 17.5 Å². The Labute approximate surface area is 228 Å². The van der Waals surface area contributed by atoms with Crippen LogP contribution >= 0.6 is 11.8 Å². The summed E-state index contributed by atoms with van der Waals surface area (Å²) in [6.07, 6.45) is 1.30. The van der Waals surface area contributed by atoms with Crippen molar-refractivity contribution in [2.45, 2.75) is 32.5 Å². The summed E-state index contributed by atoms with van der Waals surface area (Å²) in [4.78, 5) is 33.7. The van der Waals surface area contributed by atoms with Gasteiger partial charge >= 0.3 is 6.18 Å². The van der Waals surface area contributed by atoms with E-state index in [9.17, 15) is 22.8 Å². The van der Waals surface area contributed by atoms with Gasteiger partial charge in [-0.25, -0.2) is 9.97 Å². The molecule has 12 heteroatoms.